The lowest BCUT2D eigenvalue weighted by Gasteiger charge is -2.31. The maximum Gasteiger partial charge on any atom is 0.274 e. The molecule has 0 saturated carbocycles. The summed E-state index contributed by atoms with van der Waals surface area (Å²) in [7, 11) is -3.63. The third kappa shape index (κ3) is 3.82. The lowest BCUT2D eigenvalue weighted by Crippen LogP contribution is -2.44. The number of likely N-dealkylation sites (tertiary alicyclic amines) is 1. The predicted octanol–water partition coefficient (Wildman–Crippen LogP) is 0.925. The number of aliphatic hydroxyl groups is 1. The van der Waals surface area contributed by atoms with Gasteiger partial charge in [0.15, 0.2) is 0 Å². The van der Waals surface area contributed by atoms with Gasteiger partial charge in [0.1, 0.15) is 12.4 Å². The zero-order valence-corrected chi connectivity index (χ0v) is 12.5. The van der Waals surface area contributed by atoms with Crippen LogP contribution in [0.1, 0.15) is 31.9 Å². The Kier molecular flexibility index (Phi) is 5.20. The Morgan fingerprint density at radius 3 is 2.65 bits per heavy atom. The average molecular weight is 302 g/mol. The normalized spacial score (nSPS) is 18.5. The van der Waals surface area contributed by atoms with Gasteiger partial charge in [-0.25, -0.2) is 13.1 Å². The largest absolute Gasteiger partial charge is 0.446 e. The molecule has 1 aromatic rings. The molecule has 0 aromatic carbocycles. The quantitative estimate of drug-likeness (QED) is 0.816. The molecule has 0 spiro atoms. The van der Waals surface area contributed by atoms with Crippen LogP contribution >= 0.6 is 0 Å². The van der Waals surface area contributed by atoms with E-state index in [9.17, 15) is 8.42 Å². The Labute approximate surface area is 119 Å². The molecule has 1 aliphatic heterocycles. The fourth-order valence-corrected chi connectivity index (χ4v) is 3.71. The molecule has 0 amide bonds. The van der Waals surface area contributed by atoms with E-state index in [1.54, 1.807) is 0 Å². The molecule has 2 heterocycles. The zero-order chi connectivity index (χ0) is 14.6. The summed E-state index contributed by atoms with van der Waals surface area (Å²) in [6.45, 7) is 4.75. The summed E-state index contributed by atoms with van der Waals surface area (Å²) >= 11 is 0. The highest BCUT2D eigenvalue weighted by atomic mass is 32.2. The van der Waals surface area contributed by atoms with Gasteiger partial charge in [-0.15, -0.1) is 0 Å². The Morgan fingerprint density at radius 2 is 2.10 bits per heavy atom. The molecule has 6 nitrogen and oxygen atoms in total. The van der Waals surface area contributed by atoms with E-state index in [0.29, 0.717) is 0 Å². The van der Waals surface area contributed by atoms with Crippen molar-refractivity contribution in [3.8, 4) is 0 Å². The molecule has 2 N–H and O–H groups in total. The first-order chi connectivity index (χ1) is 9.55. The zero-order valence-electron chi connectivity index (χ0n) is 11.7. The van der Waals surface area contributed by atoms with Crippen LogP contribution in [0.3, 0.4) is 0 Å². The summed E-state index contributed by atoms with van der Waals surface area (Å²) < 4.78 is 32.0. The van der Waals surface area contributed by atoms with Crippen molar-refractivity contribution < 1.29 is 17.9 Å². The molecule has 0 atom stereocenters. The number of furan rings is 1. The van der Waals surface area contributed by atoms with Crippen molar-refractivity contribution in [1.82, 2.24) is 9.62 Å². The van der Waals surface area contributed by atoms with Crippen molar-refractivity contribution in [2.75, 3.05) is 19.6 Å². The SMILES string of the molecule is CCCN1CCC(NS(=O)(=O)c2ccc(CO)o2)CC1. The Balaban J connectivity index is 1.92. The van der Waals surface area contributed by atoms with E-state index >= 15 is 0 Å². The smallest absolute Gasteiger partial charge is 0.274 e. The van der Waals surface area contributed by atoms with E-state index in [4.69, 9.17) is 9.52 Å². The molecule has 20 heavy (non-hydrogen) atoms. The van der Waals surface area contributed by atoms with Crippen LogP contribution in [0.2, 0.25) is 0 Å². The van der Waals surface area contributed by atoms with Crippen LogP contribution in [0.15, 0.2) is 21.6 Å². The lowest BCUT2D eigenvalue weighted by molar-refractivity contribution is 0.207. The van der Waals surface area contributed by atoms with Crippen molar-refractivity contribution in [1.29, 1.82) is 0 Å². The minimum absolute atomic E-state index is 0.0456. The molecule has 1 aliphatic rings. The highest BCUT2D eigenvalue weighted by molar-refractivity contribution is 7.89. The fourth-order valence-electron chi connectivity index (χ4n) is 2.46. The van der Waals surface area contributed by atoms with Gasteiger partial charge < -0.3 is 14.4 Å². The number of nitrogens with one attached hydrogen (secondary N) is 1. The van der Waals surface area contributed by atoms with Gasteiger partial charge in [-0.3, -0.25) is 0 Å². The van der Waals surface area contributed by atoms with Crippen molar-refractivity contribution >= 4 is 10.0 Å². The highest BCUT2D eigenvalue weighted by Gasteiger charge is 2.26. The maximum absolute atomic E-state index is 12.1. The molecule has 0 aliphatic carbocycles. The third-order valence-corrected chi connectivity index (χ3v) is 4.90. The van der Waals surface area contributed by atoms with E-state index in [0.717, 1.165) is 38.9 Å². The molecule has 1 fully saturated rings. The minimum Gasteiger partial charge on any atom is -0.446 e. The van der Waals surface area contributed by atoms with Crippen LogP contribution in [0, 0.1) is 0 Å². The first kappa shape index (κ1) is 15.5. The second-order valence-corrected chi connectivity index (χ2v) is 6.76. The van der Waals surface area contributed by atoms with Crippen LogP contribution in [0.25, 0.3) is 0 Å². The first-order valence-corrected chi connectivity index (χ1v) is 8.47. The van der Waals surface area contributed by atoms with Gasteiger partial charge in [-0.1, -0.05) is 6.92 Å². The van der Waals surface area contributed by atoms with Gasteiger partial charge in [-0.05, 0) is 51.0 Å². The summed E-state index contributed by atoms with van der Waals surface area (Å²) in [5.41, 5.74) is 0. The summed E-state index contributed by atoms with van der Waals surface area (Å²) in [4.78, 5) is 2.35. The summed E-state index contributed by atoms with van der Waals surface area (Å²) in [6, 6.07) is 2.80. The van der Waals surface area contributed by atoms with Crippen LogP contribution in [0.4, 0.5) is 0 Å². The predicted molar refractivity (Wildman–Crippen MR) is 74.7 cm³/mol. The topological polar surface area (TPSA) is 82.8 Å². The second-order valence-electron chi connectivity index (χ2n) is 5.12. The molecule has 0 unspecified atom stereocenters. The molecule has 0 bridgehead atoms. The van der Waals surface area contributed by atoms with Gasteiger partial charge >= 0.3 is 0 Å². The van der Waals surface area contributed by atoms with E-state index in [2.05, 4.69) is 16.5 Å². The fraction of sp³-hybridized carbons (Fsp3) is 0.692. The summed E-state index contributed by atoms with van der Waals surface area (Å²) in [5, 5.41) is 8.78. The standard InChI is InChI=1S/C13H22N2O4S/c1-2-7-15-8-5-11(6-9-15)14-20(17,18)13-4-3-12(10-16)19-13/h3-4,11,14,16H,2,5-10H2,1H3. The first-order valence-electron chi connectivity index (χ1n) is 6.99. The van der Waals surface area contributed by atoms with E-state index < -0.39 is 10.0 Å². The van der Waals surface area contributed by atoms with Gasteiger partial charge in [-0.2, -0.15) is 0 Å². The minimum atomic E-state index is -3.63. The molecular weight excluding hydrogens is 280 g/mol. The number of nitrogens with zero attached hydrogens (tertiary/aromatic N) is 1. The van der Waals surface area contributed by atoms with E-state index in [-0.39, 0.29) is 23.5 Å². The van der Waals surface area contributed by atoms with Gasteiger partial charge in [0.2, 0.25) is 5.09 Å². The lowest BCUT2D eigenvalue weighted by atomic mass is 10.1. The number of hydrogen-bond donors (Lipinski definition) is 2. The van der Waals surface area contributed by atoms with E-state index in [1.807, 2.05) is 0 Å². The molecule has 0 radical (unpaired) electrons. The van der Waals surface area contributed by atoms with Gasteiger partial charge in [0.05, 0.1) is 0 Å². The number of aliphatic hydroxyl groups excluding tert-OH is 1. The van der Waals surface area contributed by atoms with Gasteiger partial charge in [0, 0.05) is 6.04 Å². The van der Waals surface area contributed by atoms with Crippen molar-refractivity contribution in [3.63, 3.8) is 0 Å². The van der Waals surface area contributed by atoms with Crippen LogP contribution in [-0.4, -0.2) is 44.1 Å². The van der Waals surface area contributed by atoms with Crippen LogP contribution in [0.5, 0.6) is 0 Å². The summed E-state index contributed by atoms with van der Waals surface area (Å²) in [6.07, 6.45) is 2.74. The van der Waals surface area contributed by atoms with Crippen molar-refractivity contribution in [3.05, 3.63) is 17.9 Å². The molecule has 1 aromatic heterocycles. The van der Waals surface area contributed by atoms with Gasteiger partial charge in [0.25, 0.3) is 10.0 Å². The average Bonchev–Trinajstić information content (AvgIpc) is 2.91. The second kappa shape index (κ2) is 6.71. The number of sulfonamides is 1. The Bertz CT molecular complexity index is 518. The van der Waals surface area contributed by atoms with Crippen LogP contribution < -0.4 is 4.72 Å². The van der Waals surface area contributed by atoms with E-state index in [1.165, 1.54) is 12.1 Å². The summed E-state index contributed by atoms with van der Waals surface area (Å²) in [5.74, 6) is 0.253. The maximum atomic E-state index is 12.1. The van der Waals surface area contributed by atoms with Crippen LogP contribution in [-0.2, 0) is 16.6 Å². The molecule has 2 rings (SSSR count). The number of rotatable bonds is 6. The van der Waals surface area contributed by atoms with Crippen molar-refractivity contribution in [2.24, 2.45) is 0 Å². The molecular formula is C13H22N2O4S. The number of hydrogen-bond acceptors (Lipinski definition) is 5. The highest BCUT2D eigenvalue weighted by Crippen LogP contribution is 2.17. The number of piperidine rings is 1. The monoisotopic (exact) mass is 302 g/mol. The van der Waals surface area contributed by atoms with Crippen molar-refractivity contribution in [2.45, 2.75) is 43.9 Å². The Hall–Kier alpha value is -0.890. The molecule has 7 heteroatoms. The molecule has 1 saturated heterocycles. The molecule has 114 valence electrons. The third-order valence-electron chi connectivity index (χ3n) is 3.51. The Morgan fingerprint density at radius 1 is 1.40 bits per heavy atom.